The zero-order valence-electron chi connectivity index (χ0n) is 19.0. The summed E-state index contributed by atoms with van der Waals surface area (Å²) < 4.78 is 20.5. The minimum Gasteiger partial charge on any atom is -0.460 e. The number of rotatable bonds is 10. The summed E-state index contributed by atoms with van der Waals surface area (Å²) in [4.78, 5) is 46.9. The predicted molar refractivity (Wildman–Crippen MR) is 124 cm³/mol. The Morgan fingerprint density at radius 2 is 1.09 bits per heavy atom. The normalized spacial score (nSPS) is 10.1. The lowest BCUT2D eigenvalue weighted by atomic mass is 10.1. The molecule has 0 aliphatic rings. The number of hydrogen-bond acceptors (Lipinski definition) is 8. The van der Waals surface area contributed by atoms with E-state index in [1.165, 1.54) is 13.8 Å². The third kappa shape index (κ3) is 7.97. The fourth-order valence-electron chi connectivity index (χ4n) is 2.54. The number of esters is 2. The first kappa shape index (κ1) is 25.9. The Kier molecular flexibility index (Phi) is 9.63. The summed E-state index contributed by atoms with van der Waals surface area (Å²) in [5, 5.41) is 6.02. The van der Waals surface area contributed by atoms with Crippen molar-refractivity contribution in [3.05, 3.63) is 60.7 Å². The van der Waals surface area contributed by atoms with Crippen LogP contribution in [-0.2, 0) is 19.1 Å². The van der Waals surface area contributed by atoms with Crippen molar-refractivity contribution in [1.82, 2.24) is 10.6 Å². The molecule has 0 radical (unpaired) electrons. The van der Waals surface area contributed by atoms with E-state index in [0.29, 0.717) is 10.8 Å². The van der Waals surface area contributed by atoms with E-state index in [1.54, 1.807) is 36.4 Å². The number of benzene rings is 2. The van der Waals surface area contributed by atoms with Crippen molar-refractivity contribution in [3.8, 4) is 11.5 Å². The molecule has 180 valence electrons. The smallest absolute Gasteiger partial charge is 0.412 e. The van der Waals surface area contributed by atoms with Crippen LogP contribution in [0.4, 0.5) is 9.59 Å². The van der Waals surface area contributed by atoms with Gasteiger partial charge in [0, 0.05) is 21.9 Å². The third-order valence-electron chi connectivity index (χ3n) is 4.15. The molecule has 2 rings (SSSR count). The van der Waals surface area contributed by atoms with Crippen LogP contribution in [0.2, 0.25) is 0 Å². The van der Waals surface area contributed by atoms with Crippen LogP contribution in [-0.4, -0.2) is 50.4 Å². The van der Waals surface area contributed by atoms with Gasteiger partial charge in [-0.15, -0.1) is 0 Å². The molecule has 0 saturated heterocycles. The van der Waals surface area contributed by atoms with Gasteiger partial charge in [0.1, 0.15) is 24.7 Å². The molecule has 0 heterocycles. The Hall–Kier alpha value is -4.34. The molecule has 0 fully saturated rings. The fraction of sp³-hybridized carbons (Fsp3) is 0.250. The van der Waals surface area contributed by atoms with Gasteiger partial charge in [0.05, 0.1) is 13.1 Å². The Morgan fingerprint density at radius 1 is 0.706 bits per heavy atom. The van der Waals surface area contributed by atoms with Crippen molar-refractivity contribution >= 4 is 34.9 Å². The quantitative estimate of drug-likeness (QED) is 0.308. The van der Waals surface area contributed by atoms with E-state index in [-0.39, 0.29) is 48.9 Å². The number of nitrogens with one attached hydrogen (secondary N) is 2. The summed E-state index contributed by atoms with van der Waals surface area (Å²) in [7, 11) is 0. The van der Waals surface area contributed by atoms with Crippen LogP contribution in [0.1, 0.15) is 13.8 Å². The summed E-state index contributed by atoms with van der Waals surface area (Å²) in [6, 6.07) is 9.86. The third-order valence-corrected chi connectivity index (χ3v) is 4.15. The summed E-state index contributed by atoms with van der Waals surface area (Å²) >= 11 is 0. The molecule has 0 atom stereocenters. The molecular formula is C24H26N2O8. The van der Waals surface area contributed by atoms with Crippen LogP contribution < -0.4 is 20.1 Å². The Bertz CT molecular complexity index is 1020. The Balaban J connectivity index is 1.93. The van der Waals surface area contributed by atoms with Gasteiger partial charge in [0.2, 0.25) is 0 Å². The highest BCUT2D eigenvalue weighted by molar-refractivity contribution is 5.95. The molecule has 0 aliphatic heterocycles. The number of amides is 2. The van der Waals surface area contributed by atoms with Gasteiger partial charge >= 0.3 is 24.1 Å². The molecule has 0 spiro atoms. The van der Waals surface area contributed by atoms with E-state index < -0.39 is 24.1 Å². The molecule has 0 unspecified atom stereocenters. The topological polar surface area (TPSA) is 129 Å². The zero-order chi connectivity index (χ0) is 25.1. The molecule has 0 bridgehead atoms. The Labute approximate surface area is 196 Å². The summed E-state index contributed by atoms with van der Waals surface area (Å²) in [5.41, 5.74) is 0.521. The maximum absolute atomic E-state index is 12.1. The average molecular weight is 470 g/mol. The predicted octanol–water partition coefficient (Wildman–Crippen LogP) is 3.26. The van der Waals surface area contributed by atoms with Crippen molar-refractivity contribution < 1.29 is 38.1 Å². The maximum atomic E-state index is 12.1. The van der Waals surface area contributed by atoms with E-state index in [9.17, 15) is 19.2 Å². The van der Waals surface area contributed by atoms with Gasteiger partial charge in [-0.25, -0.2) is 19.2 Å². The van der Waals surface area contributed by atoms with Gasteiger partial charge in [-0.3, -0.25) is 0 Å². The number of carbonyl (C=O) groups excluding carboxylic acids is 4. The van der Waals surface area contributed by atoms with Gasteiger partial charge in [-0.1, -0.05) is 37.4 Å². The second-order valence-electron chi connectivity index (χ2n) is 7.07. The van der Waals surface area contributed by atoms with Crippen LogP contribution in [0.3, 0.4) is 0 Å². The van der Waals surface area contributed by atoms with Gasteiger partial charge in [0.15, 0.2) is 0 Å². The zero-order valence-corrected chi connectivity index (χ0v) is 19.0. The fourth-order valence-corrected chi connectivity index (χ4v) is 2.54. The first-order valence-corrected chi connectivity index (χ1v) is 10.3. The SMILES string of the molecule is C=C(C)C(=O)OCCNC(=O)Oc1cccc2c(OC(=O)NCCOC(=O)C(=C)C)cccc12. The van der Waals surface area contributed by atoms with Crippen LogP contribution in [0.5, 0.6) is 11.5 Å². The first-order chi connectivity index (χ1) is 16.2. The second-order valence-corrected chi connectivity index (χ2v) is 7.07. The van der Waals surface area contributed by atoms with Crippen LogP contribution in [0, 0.1) is 0 Å². The van der Waals surface area contributed by atoms with Crippen LogP contribution in [0.25, 0.3) is 10.8 Å². The highest BCUT2D eigenvalue weighted by atomic mass is 16.6. The molecule has 10 nitrogen and oxygen atoms in total. The van der Waals surface area contributed by atoms with Gasteiger partial charge in [0.25, 0.3) is 0 Å². The van der Waals surface area contributed by atoms with Gasteiger partial charge in [-0.2, -0.15) is 0 Å². The maximum Gasteiger partial charge on any atom is 0.412 e. The molecule has 2 N–H and O–H groups in total. The first-order valence-electron chi connectivity index (χ1n) is 10.3. The van der Waals surface area contributed by atoms with Crippen LogP contribution in [0.15, 0.2) is 60.7 Å². The van der Waals surface area contributed by atoms with E-state index >= 15 is 0 Å². The van der Waals surface area contributed by atoms with E-state index in [1.807, 2.05) is 0 Å². The minimum absolute atomic E-state index is 0.0319. The van der Waals surface area contributed by atoms with Crippen molar-refractivity contribution in [2.45, 2.75) is 13.8 Å². The number of ether oxygens (including phenoxy) is 4. The van der Waals surface area contributed by atoms with Crippen molar-refractivity contribution in [1.29, 1.82) is 0 Å². The summed E-state index contributed by atoms with van der Waals surface area (Å²) in [5.74, 6) is -0.611. The molecular weight excluding hydrogens is 444 g/mol. The van der Waals surface area contributed by atoms with E-state index in [0.717, 1.165) is 0 Å². The molecule has 0 saturated carbocycles. The second kappa shape index (κ2) is 12.6. The lowest BCUT2D eigenvalue weighted by molar-refractivity contribution is -0.139. The summed E-state index contributed by atoms with van der Waals surface area (Å²) in [6.07, 6.45) is -1.49. The van der Waals surface area contributed by atoms with Gasteiger partial charge in [-0.05, 0) is 26.0 Å². The lowest BCUT2D eigenvalue weighted by Gasteiger charge is -2.12. The minimum atomic E-state index is -0.743. The summed E-state index contributed by atoms with van der Waals surface area (Å²) in [6.45, 7) is 10.0. The molecule has 10 heteroatoms. The Morgan fingerprint density at radius 3 is 1.44 bits per heavy atom. The number of carbonyl (C=O) groups is 4. The molecule has 0 aliphatic carbocycles. The molecule has 2 aromatic carbocycles. The van der Waals surface area contributed by atoms with Crippen molar-refractivity contribution in [2.75, 3.05) is 26.3 Å². The van der Waals surface area contributed by atoms with E-state index in [4.69, 9.17) is 18.9 Å². The van der Waals surface area contributed by atoms with E-state index in [2.05, 4.69) is 23.8 Å². The number of fused-ring (bicyclic) bond motifs is 1. The average Bonchev–Trinajstić information content (AvgIpc) is 2.79. The highest BCUT2D eigenvalue weighted by Crippen LogP contribution is 2.32. The molecule has 2 amide bonds. The highest BCUT2D eigenvalue weighted by Gasteiger charge is 2.13. The van der Waals surface area contributed by atoms with Gasteiger partial charge < -0.3 is 29.6 Å². The lowest BCUT2D eigenvalue weighted by Crippen LogP contribution is -2.31. The monoisotopic (exact) mass is 470 g/mol. The largest absolute Gasteiger partial charge is 0.460 e. The van der Waals surface area contributed by atoms with Crippen molar-refractivity contribution in [3.63, 3.8) is 0 Å². The van der Waals surface area contributed by atoms with Crippen molar-refractivity contribution in [2.24, 2.45) is 0 Å². The standard InChI is InChI=1S/C24H26N2O8/c1-15(2)21(27)31-13-11-25-23(29)33-19-9-5-8-18-17(19)7-6-10-20(18)34-24(30)26-12-14-32-22(28)16(3)4/h5-10H,1,3,11-14H2,2,4H3,(H,25,29)(H,26,30). The van der Waals surface area contributed by atoms with Crippen LogP contribution >= 0.6 is 0 Å². The molecule has 0 aromatic heterocycles. The molecule has 34 heavy (non-hydrogen) atoms. The molecule has 2 aromatic rings. The number of hydrogen-bond donors (Lipinski definition) is 2.